The number of nitrogens with two attached hydrogens (primary N) is 3. The molecule has 0 spiro atoms. The standard InChI is InChI=1S/C47H66FN11O12S2/c1-5-26(4)41-44(68)43(67)33(19-27-8-12-30(60)13-9-27)53-39(64)16-17-72-73-24-35(56-46(70)34(20-38(50)63)55-45(69)31(57-58-41)14-15-37(49)62)47(71)59(22-28-6-10-29(48)11-7-28)23-40(65)54-32(18-25(2)3)42(66)36(61)21-52-51/h6-13,25-26,31-35,41,52,57-58,60H,5,14-24,51H2,1-4H3,(H2,49,62)(H2,50,63)(H,53,64)(H,54,65)(H,55,69)(H,56,70)/t26-,31-,32-,33-,34-,35-,41?/m0/s1. The molecule has 0 saturated carbocycles. The number of carbonyl (C=O) groups excluding carboxylic acids is 11. The predicted molar refractivity (Wildman–Crippen MR) is 268 cm³/mol. The van der Waals surface area contributed by atoms with Crippen molar-refractivity contribution in [2.75, 3.05) is 24.6 Å². The Balaban J connectivity index is 2.11. The van der Waals surface area contributed by atoms with Crippen LogP contribution < -0.4 is 54.9 Å². The average molecular weight is 1060 g/mol. The highest BCUT2D eigenvalue weighted by Crippen LogP contribution is 2.24. The first-order chi connectivity index (χ1) is 34.5. The average Bonchev–Trinajstić information content (AvgIpc) is 3.33. The van der Waals surface area contributed by atoms with Gasteiger partial charge in [-0.05, 0) is 60.1 Å². The van der Waals surface area contributed by atoms with E-state index in [-0.39, 0.29) is 55.4 Å². The van der Waals surface area contributed by atoms with Crippen LogP contribution in [0.1, 0.15) is 77.3 Å². The highest BCUT2D eigenvalue weighted by atomic mass is 33.1. The zero-order valence-electron chi connectivity index (χ0n) is 41.0. The minimum atomic E-state index is -1.78. The number of amides is 7. The van der Waals surface area contributed by atoms with E-state index in [1.54, 1.807) is 27.7 Å². The molecule has 0 aromatic heterocycles. The third kappa shape index (κ3) is 21.0. The molecule has 0 bridgehead atoms. The van der Waals surface area contributed by atoms with Gasteiger partial charge >= 0.3 is 0 Å². The fourth-order valence-electron chi connectivity index (χ4n) is 7.29. The molecule has 7 amide bonds. The smallest absolute Gasteiger partial charge is 0.246 e. The SMILES string of the molecule is CC[C@H](C)C1NN[C@@H](CCC(N)=O)C(=O)N[C@@H](CC(N)=O)C(=O)N[C@H](C(=O)N(CC(=O)N[C@@H](CC(C)C)C(=O)C(=O)CNN)Cc2ccc(F)cc2)CSSCCC(=O)N[C@@H](Cc2ccc(O)cc2)C(=O)C1=O. The molecule has 73 heavy (non-hydrogen) atoms. The molecule has 1 aliphatic heterocycles. The number of nitrogens with zero attached hydrogens (tertiary/aromatic N) is 1. The summed E-state index contributed by atoms with van der Waals surface area (Å²) in [5.41, 5.74) is 19.3. The van der Waals surface area contributed by atoms with Gasteiger partial charge in [0.1, 0.15) is 29.7 Å². The van der Waals surface area contributed by atoms with E-state index in [9.17, 15) is 62.2 Å². The molecule has 14 N–H and O–H groups in total. The summed E-state index contributed by atoms with van der Waals surface area (Å²) in [5, 5.41) is 20.0. The Labute approximate surface area is 429 Å². The molecule has 0 aliphatic carbocycles. The van der Waals surface area contributed by atoms with Crippen molar-refractivity contribution in [1.29, 1.82) is 0 Å². The fourth-order valence-corrected chi connectivity index (χ4v) is 9.43. The van der Waals surface area contributed by atoms with Crippen LogP contribution in [0.3, 0.4) is 0 Å². The van der Waals surface area contributed by atoms with Crippen LogP contribution in [-0.2, 0) is 65.7 Å². The Hall–Kier alpha value is -6.32. The van der Waals surface area contributed by atoms with Gasteiger partial charge in [0.05, 0.1) is 37.6 Å². The maximum atomic E-state index is 14.8. The van der Waals surface area contributed by atoms with Gasteiger partial charge in [0.15, 0.2) is 0 Å². The zero-order valence-corrected chi connectivity index (χ0v) is 42.7. The van der Waals surface area contributed by atoms with Crippen molar-refractivity contribution in [3.8, 4) is 5.75 Å². The Bertz CT molecular complexity index is 2290. The quantitative estimate of drug-likeness (QED) is 0.0297. The largest absolute Gasteiger partial charge is 0.508 e. The van der Waals surface area contributed by atoms with E-state index in [2.05, 4.69) is 37.5 Å². The lowest BCUT2D eigenvalue weighted by Gasteiger charge is -2.30. The van der Waals surface area contributed by atoms with Crippen LogP contribution in [0.25, 0.3) is 0 Å². The van der Waals surface area contributed by atoms with Crippen LogP contribution in [0, 0.1) is 17.7 Å². The molecule has 7 atom stereocenters. The molecular formula is C47H66FN11O12S2. The van der Waals surface area contributed by atoms with Gasteiger partial charge in [0.2, 0.25) is 64.5 Å². The van der Waals surface area contributed by atoms with Gasteiger partial charge in [0.25, 0.3) is 0 Å². The van der Waals surface area contributed by atoms with Crippen molar-refractivity contribution >= 4 is 86.1 Å². The number of halogens is 1. The molecule has 400 valence electrons. The van der Waals surface area contributed by atoms with E-state index >= 15 is 0 Å². The first kappa shape index (κ1) is 61.0. The van der Waals surface area contributed by atoms with Gasteiger partial charge in [-0.3, -0.25) is 64.0 Å². The van der Waals surface area contributed by atoms with E-state index in [0.29, 0.717) is 17.5 Å². The number of primary amides is 2. The summed E-state index contributed by atoms with van der Waals surface area (Å²) in [5.74, 6) is -6.71. The normalized spacial score (nSPS) is 20.6. The molecule has 23 nitrogen and oxygen atoms in total. The van der Waals surface area contributed by atoms with Crippen LogP contribution in [0.4, 0.5) is 4.39 Å². The second-order valence-electron chi connectivity index (χ2n) is 17.8. The number of phenolic OH excluding ortho intramolecular Hbond substituents is 1. The molecular weight excluding hydrogens is 994 g/mol. The lowest BCUT2D eigenvalue weighted by molar-refractivity contribution is -0.141. The molecule has 26 heteroatoms. The van der Waals surface area contributed by atoms with Crippen molar-refractivity contribution in [1.82, 2.24) is 42.4 Å². The molecule has 0 radical (unpaired) electrons. The number of hydrogen-bond donors (Lipinski definition) is 11. The Kier molecular flexibility index (Phi) is 25.6. The van der Waals surface area contributed by atoms with Crippen molar-refractivity contribution in [2.24, 2.45) is 29.1 Å². The van der Waals surface area contributed by atoms with E-state index in [1.165, 1.54) is 36.4 Å². The van der Waals surface area contributed by atoms with E-state index in [1.807, 2.05) is 0 Å². The fraction of sp³-hybridized carbons (Fsp3) is 0.511. The lowest BCUT2D eigenvalue weighted by atomic mass is 9.90. The first-order valence-electron chi connectivity index (χ1n) is 23.4. The Morgan fingerprint density at radius 3 is 2.07 bits per heavy atom. The summed E-state index contributed by atoms with van der Waals surface area (Å²) >= 11 is 0. The van der Waals surface area contributed by atoms with Gasteiger partial charge in [-0.15, -0.1) is 0 Å². The highest BCUT2D eigenvalue weighted by molar-refractivity contribution is 8.76. The number of phenols is 1. The van der Waals surface area contributed by atoms with Crippen LogP contribution in [-0.4, -0.2) is 135 Å². The number of carbonyl (C=O) groups is 11. The molecule has 3 rings (SSSR count). The van der Waals surface area contributed by atoms with Crippen LogP contribution >= 0.6 is 21.6 Å². The number of Topliss-reactive ketones (excluding diaryl/α,β-unsaturated/α-hetero) is 4. The molecule has 2 aromatic carbocycles. The number of rotatable bonds is 21. The molecule has 1 saturated heterocycles. The van der Waals surface area contributed by atoms with E-state index < -0.39 is 138 Å². The highest BCUT2D eigenvalue weighted by Gasteiger charge is 2.38. The molecule has 1 fully saturated rings. The maximum absolute atomic E-state index is 14.8. The van der Waals surface area contributed by atoms with Gasteiger partial charge in [-0.25, -0.2) is 15.2 Å². The number of nitrogens with one attached hydrogen (secondary N) is 7. The van der Waals surface area contributed by atoms with Gasteiger partial charge < -0.3 is 42.7 Å². The summed E-state index contributed by atoms with van der Waals surface area (Å²) in [6.45, 7) is 5.25. The van der Waals surface area contributed by atoms with Gasteiger partial charge in [0, 0.05) is 37.3 Å². The predicted octanol–water partition coefficient (Wildman–Crippen LogP) is -1.37. The Morgan fingerprint density at radius 1 is 0.822 bits per heavy atom. The maximum Gasteiger partial charge on any atom is 0.246 e. The lowest BCUT2D eigenvalue weighted by Crippen LogP contribution is -2.61. The number of hydrazine groups is 2. The topological polar surface area (TPSA) is 374 Å². The first-order valence-corrected chi connectivity index (χ1v) is 25.9. The van der Waals surface area contributed by atoms with Crippen LogP contribution in [0.5, 0.6) is 5.75 Å². The van der Waals surface area contributed by atoms with Crippen molar-refractivity contribution < 1.29 is 62.2 Å². The third-order valence-corrected chi connectivity index (χ3v) is 13.8. The van der Waals surface area contributed by atoms with E-state index in [4.69, 9.17) is 17.3 Å². The number of aromatic hydroxyl groups is 1. The minimum Gasteiger partial charge on any atom is -0.508 e. The van der Waals surface area contributed by atoms with Crippen molar-refractivity contribution in [2.45, 2.75) is 115 Å². The molecule has 1 aliphatic rings. The summed E-state index contributed by atoms with van der Waals surface area (Å²) in [6.07, 6.45) is -1.57. The van der Waals surface area contributed by atoms with E-state index in [0.717, 1.165) is 38.6 Å². The summed E-state index contributed by atoms with van der Waals surface area (Å²) in [7, 11) is 2.06. The molecule has 2 aromatic rings. The minimum absolute atomic E-state index is 0.0330. The Morgan fingerprint density at radius 2 is 1.47 bits per heavy atom. The number of benzene rings is 2. The molecule has 1 heterocycles. The third-order valence-electron chi connectivity index (χ3n) is 11.4. The second kappa shape index (κ2) is 30.7. The van der Waals surface area contributed by atoms with Gasteiger partial charge in [-0.1, -0.05) is 80.0 Å². The monoisotopic (exact) mass is 1060 g/mol. The summed E-state index contributed by atoms with van der Waals surface area (Å²) in [6, 6.07) is 1.82. The van der Waals surface area contributed by atoms with Crippen LogP contribution in [0.15, 0.2) is 48.5 Å². The van der Waals surface area contributed by atoms with Gasteiger partial charge in [-0.2, -0.15) is 0 Å². The van der Waals surface area contributed by atoms with Crippen molar-refractivity contribution in [3.05, 3.63) is 65.5 Å². The van der Waals surface area contributed by atoms with Crippen molar-refractivity contribution in [3.63, 3.8) is 0 Å². The second-order valence-corrected chi connectivity index (χ2v) is 20.4. The van der Waals surface area contributed by atoms with Crippen LogP contribution in [0.2, 0.25) is 0 Å². The number of hydrogen-bond acceptors (Lipinski definition) is 18. The number of ketones is 4. The summed E-state index contributed by atoms with van der Waals surface area (Å²) in [4.78, 5) is 150. The molecule has 1 unspecified atom stereocenters. The zero-order chi connectivity index (χ0) is 54.4. The summed E-state index contributed by atoms with van der Waals surface area (Å²) < 4.78 is 14.0.